The van der Waals surface area contributed by atoms with Crippen molar-refractivity contribution in [1.29, 1.82) is 0 Å². The van der Waals surface area contributed by atoms with E-state index in [1.165, 1.54) is 39.4 Å². The Labute approximate surface area is 344 Å². The summed E-state index contributed by atoms with van der Waals surface area (Å²) in [6.45, 7) is 9.82. The Bertz CT molecular complexity index is 1880. The lowest BCUT2D eigenvalue weighted by Crippen LogP contribution is -2.56. The molecule has 3 atom stereocenters. The van der Waals surface area contributed by atoms with Gasteiger partial charge < -0.3 is 24.8 Å². The monoisotopic (exact) mass is 819 g/mol. The number of methoxy groups -OCH3 is 1. The number of rotatable bonds is 15. The molecular weight excluding hydrogens is 758 g/mol. The summed E-state index contributed by atoms with van der Waals surface area (Å²) in [5, 5.41) is 2.56. The molecule has 2 aromatic rings. The molecule has 0 spiro atoms. The zero-order chi connectivity index (χ0) is 40.9. The Kier molecular flexibility index (Phi) is 13.6. The Morgan fingerprint density at radius 1 is 0.897 bits per heavy atom. The van der Waals surface area contributed by atoms with Gasteiger partial charge in [-0.25, -0.2) is 12.8 Å². The van der Waals surface area contributed by atoms with Gasteiger partial charge >= 0.3 is 5.97 Å². The van der Waals surface area contributed by atoms with Crippen molar-refractivity contribution in [3.63, 3.8) is 0 Å². The van der Waals surface area contributed by atoms with Crippen molar-refractivity contribution in [3.8, 4) is 0 Å². The highest BCUT2D eigenvalue weighted by Crippen LogP contribution is 2.53. The van der Waals surface area contributed by atoms with Gasteiger partial charge in [-0.3, -0.25) is 19.3 Å². The minimum Gasteiger partial charge on any atom is -0.469 e. The molecular formula is C45H62FN5O6S. The topological polar surface area (TPSA) is 120 Å². The van der Waals surface area contributed by atoms with Gasteiger partial charge in [0.25, 0.3) is 0 Å². The van der Waals surface area contributed by atoms with E-state index in [1.807, 2.05) is 24.3 Å². The van der Waals surface area contributed by atoms with Crippen molar-refractivity contribution in [1.82, 2.24) is 20.0 Å². The van der Waals surface area contributed by atoms with Crippen LogP contribution >= 0.6 is 0 Å². The summed E-state index contributed by atoms with van der Waals surface area (Å²) in [6, 6.07) is 14.1. The van der Waals surface area contributed by atoms with Gasteiger partial charge in [-0.2, -0.15) is 0 Å². The summed E-state index contributed by atoms with van der Waals surface area (Å²) < 4.78 is 46.8. The fraction of sp³-hybridized carbons (Fsp3) is 0.622. The van der Waals surface area contributed by atoms with Crippen LogP contribution in [0.25, 0.3) is 0 Å². The van der Waals surface area contributed by atoms with Crippen LogP contribution in [0.3, 0.4) is 0 Å². The predicted molar refractivity (Wildman–Crippen MR) is 223 cm³/mol. The number of sulfone groups is 1. The second-order valence-corrected chi connectivity index (χ2v) is 19.8. The van der Waals surface area contributed by atoms with Gasteiger partial charge in [0.15, 0.2) is 9.84 Å². The van der Waals surface area contributed by atoms with Crippen LogP contribution in [0.5, 0.6) is 0 Å². The minimum atomic E-state index is -3.54. The number of likely N-dealkylation sites (tertiary alicyclic amines) is 3. The number of ether oxygens (including phenoxy) is 1. The third-order valence-electron chi connectivity index (χ3n) is 14.0. The molecule has 58 heavy (non-hydrogen) atoms. The zero-order valence-electron chi connectivity index (χ0n) is 34.3. The molecule has 4 saturated heterocycles. The molecule has 0 bridgehead atoms. The molecule has 2 aromatic carbocycles. The number of nitrogens with one attached hydrogen (secondary N) is 1. The van der Waals surface area contributed by atoms with Crippen LogP contribution in [0.4, 0.5) is 10.1 Å². The number of benzene rings is 2. The van der Waals surface area contributed by atoms with E-state index in [4.69, 9.17) is 4.74 Å². The van der Waals surface area contributed by atoms with Crippen molar-refractivity contribution in [2.24, 2.45) is 23.7 Å². The number of esters is 1. The highest BCUT2D eigenvalue weighted by molar-refractivity contribution is 7.92. The Morgan fingerprint density at radius 2 is 1.62 bits per heavy atom. The van der Waals surface area contributed by atoms with Crippen LogP contribution in [0.15, 0.2) is 65.6 Å². The van der Waals surface area contributed by atoms with Crippen LogP contribution in [0, 0.1) is 29.5 Å². The van der Waals surface area contributed by atoms with Gasteiger partial charge in [-0.15, -0.1) is 0 Å². The summed E-state index contributed by atoms with van der Waals surface area (Å²) in [5.74, 6) is 0.129. The molecule has 2 amide bonds. The number of carbonyl (C=O) groups is 3. The number of hydrogen-bond donors (Lipinski definition) is 1. The first-order valence-corrected chi connectivity index (χ1v) is 23.1. The molecule has 5 aliphatic rings. The normalized spacial score (nSPS) is 24.0. The Morgan fingerprint density at radius 3 is 2.29 bits per heavy atom. The van der Waals surface area contributed by atoms with Gasteiger partial charge in [0.05, 0.1) is 12.0 Å². The quantitative estimate of drug-likeness (QED) is 0.195. The molecule has 7 rings (SSSR count). The number of halogens is 1. The first-order chi connectivity index (χ1) is 28.0. The van der Waals surface area contributed by atoms with Gasteiger partial charge in [0.1, 0.15) is 11.1 Å². The number of hydrogen-bond acceptors (Lipinski definition) is 9. The molecule has 1 aliphatic carbocycles. The number of anilines is 1. The molecule has 4 heterocycles. The third kappa shape index (κ3) is 9.47. The van der Waals surface area contributed by atoms with E-state index in [2.05, 4.69) is 20.0 Å². The van der Waals surface area contributed by atoms with Crippen LogP contribution in [0.2, 0.25) is 0 Å². The van der Waals surface area contributed by atoms with Crippen molar-refractivity contribution >= 4 is 33.3 Å². The third-order valence-corrected chi connectivity index (χ3v) is 16.1. The standard InChI is InChI=1S/C45H62FN5O6S/c1-33(52)47-32-45(37-10-7-11-38(46)26-37,42-12-6-9-35(42)25-44(54)57-2)36-18-23-49(24-19-36)27-34-28-50(29-34)39-14-16-40(17-15-39)58(55,56)41-30-51(31-41)43(53)13-8-22-48-20-4-3-5-21-48/h7-8,10-11,13-17,26,34-36,41-42H,3-6,9,12,18-25,27-32H2,1-2H3,(H,47,52)/b13-8+/t35-,42+,45+/m1/s1. The van der Waals surface area contributed by atoms with E-state index in [0.717, 1.165) is 95.7 Å². The second-order valence-electron chi connectivity index (χ2n) is 17.6. The van der Waals surface area contributed by atoms with E-state index in [9.17, 15) is 27.2 Å². The van der Waals surface area contributed by atoms with Crippen molar-refractivity contribution < 1.29 is 31.9 Å². The van der Waals surface area contributed by atoms with Crippen molar-refractivity contribution in [2.45, 2.75) is 80.3 Å². The maximum atomic E-state index is 14.9. The van der Waals surface area contributed by atoms with Crippen LogP contribution in [-0.4, -0.2) is 125 Å². The predicted octanol–water partition coefficient (Wildman–Crippen LogP) is 5.05. The first-order valence-electron chi connectivity index (χ1n) is 21.5. The molecule has 1 saturated carbocycles. The summed E-state index contributed by atoms with van der Waals surface area (Å²) in [4.78, 5) is 46.7. The number of carbonyl (C=O) groups excluding carboxylic acids is 3. The van der Waals surface area contributed by atoms with Gasteiger partial charge in [0.2, 0.25) is 11.8 Å². The minimum absolute atomic E-state index is 0.0958. The van der Waals surface area contributed by atoms with Crippen LogP contribution in [0.1, 0.15) is 70.3 Å². The SMILES string of the molecule is COC(=O)C[C@H]1CCC[C@@H]1[C@](CNC(C)=O)(c1cccc(F)c1)C1CCN(CC2CN(c3ccc(S(=O)(=O)C4CN(C(=O)/C=C/CN5CCCCC5)C4)cc3)C2)CC1. The summed E-state index contributed by atoms with van der Waals surface area (Å²) >= 11 is 0. The van der Waals surface area contributed by atoms with Gasteiger partial charge in [-0.05, 0) is 124 Å². The molecule has 316 valence electrons. The average Bonchev–Trinajstić information content (AvgIpc) is 3.64. The number of piperidine rings is 2. The fourth-order valence-corrected chi connectivity index (χ4v) is 12.4. The smallest absolute Gasteiger partial charge is 0.305 e. The van der Waals surface area contributed by atoms with E-state index in [1.54, 1.807) is 35.2 Å². The van der Waals surface area contributed by atoms with Gasteiger partial charge in [0, 0.05) is 82.3 Å². The largest absolute Gasteiger partial charge is 0.469 e. The molecule has 0 unspecified atom stereocenters. The summed E-state index contributed by atoms with van der Waals surface area (Å²) in [6.07, 6.45) is 12.1. The van der Waals surface area contributed by atoms with Gasteiger partial charge in [-0.1, -0.05) is 31.1 Å². The van der Waals surface area contributed by atoms with Crippen molar-refractivity contribution in [2.75, 3.05) is 84.0 Å². The first kappa shape index (κ1) is 42.3. The van der Waals surface area contributed by atoms with Crippen LogP contribution in [-0.2, 0) is 34.4 Å². The Hall–Kier alpha value is -3.81. The lowest BCUT2D eigenvalue weighted by Gasteiger charge is -2.51. The van der Waals surface area contributed by atoms with E-state index in [-0.39, 0.29) is 54.4 Å². The van der Waals surface area contributed by atoms with Crippen molar-refractivity contribution in [3.05, 3.63) is 72.1 Å². The second kappa shape index (κ2) is 18.6. The van der Waals surface area contributed by atoms with E-state index >= 15 is 0 Å². The maximum Gasteiger partial charge on any atom is 0.305 e. The molecule has 5 fully saturated rings. The highest BCUT2D eigenvalue weighted by atomic mass is 32.2. The Balaban J connectivity index is 0.915. The lowest BCUT2D eigenvalue weighted by molar-refractivity contribution is -0.142. The molecule has 1 N–H and O–H groups in total. The molecule has 0 radical (unpaired) electrons. The average molecular weight is 820 g/mol. The van der Waals surface area contributed by atoms with E-state index < -0.39 is 20.5 Å². The molecule has 13 heteroatoms. The molecule has 11 nitrogen and oxygen atoms in total. The molecule has 4 aliphatic heterocycles. The lowest BCUT2D eigenvalue weighted by atomic mass is 9.57. The highest BCUT2D eigenvalue weighted by Gasteiger charge is 2.52. The van der Waals surface area contributed by atoms with Crippen LogP contribution < -0.4 is 10.2 Å². The zero-order valence-corrected chi connectivity index (χ0v) is 35.1. The number of nitrogens with zero attached hydrogens (tertiary/aromatic N) is 4. The van der Waals surface area contributed by atoms with E-state index in [0.29, 0.717) is 23.8 Å². The maximum absolute atomic E-state index is 14.9. The summed E-state index contributed by atoms with van der Waals surface area (Å²) in [5.41, 5.74) is 1.40. The number of amides is 2. The fourth-order valence-electron chi connectivity index (χ4n) is 10.7. The summed E-state index contributed by atoms with van der Waals surface area (Å²) in [7, 11) is -2.11. The molecule has 0 aromatic heterocycles.